The van der Waals surface area contributed by atoms with E-state index in [-0.39, 0.29) is 10.6 Å². The van der Waals surface area contributed by atoms with E-state index in [1.807, 2.05) is 6.92 Å². The Kier molecular flexibility index (Phi) is 5.94. The van der Waals surface area contributed by atoms with E-state index in [1.54, 1.807) is 24.3 Å². The summed E-state index contributed by atoms with van der Waals surface area (Å²) in [5, 5.41) is 13.2. The van der Waals surface area contributed by atoms with Gasteiger partial charge in [-0.1, -0.05) is 29.8 Å². The standard InChI is InChI=1S/C21H19N3O4S/c1-15-5-11-20(12-6-15)29(27,28)24-18-9-7-17(8-10-18)21(26)23-22-14-16-3-2-4-19(25)13-16/h2-14,24-25H,1H3,(H,23,26)/b22-14-. The highest BCUT2D eigenvalue weighted by Gasteiger charge is 2.14. The van der Waals surface area contributed by atoms with Crippen molar-refractivity contribution in [1.82, 2.24) is 5.43 Å². The molecule has 0 unspecified atom stereocenters. The topological polar surface area (TPSA) is 108 Å². The molecule has 3 aromatic rings. The number of phenols is 1. The Labute approximate surface area is 168 Å². The highest BCUT2D eigenvalue weighted by molar-refractivity contribution is 7.92. The molecule has 0 aliphatic carbocycles. The minimum atomic E-state index is -3.71. The first-order valence-electron chi connectivity index (χ1n) is 8.65. The third-order valence-electron chi connectivity index (χ3n) is 3.98. The van der Waals surface area contributed by atoms with Gasteiger partial charge in [0.05, 0.1) is 11.1 Å². The fraction of sp³-hybridized carbons (Fsp3) is 0.0476. The summed E-state index contributed by atoms with van der Waals surface area (Å²) >= 11 is 0. The van der Waals surface area contributed by atoms with Gasteiger partial charge in [-0.05, 0) is 61.0 Å². The molecule has 0 aromatic heterocycles. The molecule has 29 heavy (non-hydrogen) atoms. The van der Waals surface area contributed by atoms with Crippen molar-refractivity contribution in [1.29, 1.82) is 0 Å². The Hall–Kier alpha value is -3.65. The number of hydrazone groups is 1. The molecule has 148 valence electrons. The second-order valence-corrected chi connectivity index (χ2v) is 7.97. The van der Waals surface area contributed by atoms with Crippen LogP contribution in [0.4, 0.5) is 5.69 Å². The molecule has 0 bridgehead atoms. The van der Waals surface area contributed by atoms with E-state index in [0.29, 0.717) is 16.8 Å². The number of amides is 1. The molecule has 3 aromatic carbocycles. The molecule has 3 N–H and O–H groups in total. The van der Waals surface area contributed by atoms with Crippen LogP contribution in [-0.2, 0) is 10.0 Å². The fourth-order valence-electron chi connectivity index (χ4n) is 2.46. The van der Waals surface area contributed by atoms with E-state index < -0.39 is 15.9 Å². The van der Waals surface area contributed by atoms with Gasteiger partial charge in [0.1, 0.15) is 5.75 Å². The number of benzene rings is 3. The van der Waals surface area contributed by atoms with Gasteiger partial charge in [-0.3, -0.25) is 9.52 Å². The molecule has 0 aliphatic heterocycles. The molecule has 0 heterocycles. The predicted octanol–water partition coefficient (Wildman–Crippen LogP) is 3.27. The van der Waals surface area contributed by atoms with Crippen LogP contribution in [0.5, 0.6) is 5.75 Å². The molecule has 1 amide bonds. The number of carbonyl (C=O) groups excluding carboxylic acids is 1. The molecular formula is C21H19N3O4S. The molecule has 0 aliphatic rings. The van der Waals surface area contributed by atoms with E-state index in [9.17, 15) is 18.3 Å². The number of sulfonamides is 1. The first-order valence-corrected chi connectivity index (χ1v) is 10.1. The van der Waals surface area contributed by atoms with Gasteiger partial charge in [-0.15, -0.1) is 0 Å². The smallest absolute Gasteiger partial charge is 0.271 e. The van der Waals surface area contributed by atoms with Crippen molar-refractivity contribution in [2.75, 3.05) is 4.72 Å². The minimum Gasteiger partial charge on any atom is -0.508 e. The SMILES string of the molecule is Cc1ccc(S(=O)(=O)Nc2ccc(C(=O)N/N=C\c3cccc(O)c3)cc2)cc1. The molecule has 0 spiro atoms. The quantitative estimate of drug-likeness (QED) is 0.429. The van der Waals surface area contributed by atoms with Crippen molar-refractivity contribution in [3.63, 3.8) is 0 Å². The number of aromatic hydroxyl groups is 1. The van der Waals surface area contributed by atoms with Gasteiger partial charge in [0.2, 0.25) is 0 Å². The molecular weight excluding hydrogens is 390 g/mol. The Morgan fingerprint density at radius 3 is 2.34 bits per heavy atom. The van der Waals surface area contributed by atoms with Crippen LogP contribution >= 0.6 is 0 Å². The maximum atomic E-state index is 12.4. The van der Waals surface area contributed by atoms with Gasteiger partial charge in [0.15, 0.2) is 0 Å². The lowest BCUT2D eigenvalue weighted by Gasteiger charge is -2.09. The molecule has 0 saturated carbocycles. The first kappa shape index (κ1) is 20.1. The van der Waals surface area contributed by atoms with Crippen molar-refractivity contribution < 1.29 is 18.3 Å². The third kappa shape index (κ3) is 5.43. The highest BCUT2D eigenvalue weighted by atomic mass is 32.2. The summed E-state index contributed by atoms with van der Waals surface area (Å²) in [4.78, 5) is 12.3. The monoisotopic (exact) mass is 409 g/mol. The molecule has 8 heteroatoms. The van der Waals surface area contributed by atoms with E-state index >= 15 is 0 Å². The van der Waals surface area contributed by atoms with Crippen LogP contribution in [0.25, 0.3) is 0 Å². The zero-order chi connectivity index (χ0) is 20.9. The summed E-state index contributed by atoms with van der Waals surface area (Å²) < 4.78 is 27.3. The van der Waals surface area contributed by atoms with Crippen LogP contribution in [0, 0.1) is 6.92 Å². The van der Waals surface area contributed by atoms with Crippen molar-refractivity contribution in [2.24, 2.45) is 5.10 Å². The van der Waals surface area contributed by atoms with Crippen LogP contribution in [0.3, 0.4) is 0 Å². The van der Waals surface area contributed by atoms with Gasteiger partial charge in [0.25, 0.3) is 15.9 Å². The summed E-state index contributed by atoms with van der Waals surface area (Å²) in [6.45, 7) is 1.88. The molecule has 0 radical (unpaired) electrons. The summed E-state index contributed by atoms with van der Waals surface area (Å²) in [6.07, 6.45) is 1.40. The minimum absolute atomic E-state index is 0.101. The van der Waals surface area contributed by atoms with Gasteiger partial charge in [0, 0.05) is 11.3 Å². The molecule has 0 saturated heterocycles. The number of anilines is 1. The van der Waals surface area contributed by atoms with Crippen LogP contribution in [0.2, 0.25) is 0 Å². The molecule has 0 fully saturated rings. The zero-order valence-corrected chi connectivity index (χ0v) is 16.3. The van der Waals surface area contributed by atoms with Gasteiger partial charge in [-0.25, -0.2) is 13.8 Å². The normalized spacial score (nSPS) is 11.3. The van der Waals surface area contributed by atoms with Crippen molar-refractivity contribution >= 4 is 27.8 Å². The number of hydrogen-bond acceptors (Lipinski definition) is 5. The van der Waals surface area contributed by atoms with E-state index in [2.05, 4.69) is 15.2 Å². The van der Waals surface area contributed by atoms with Crippen LogP contribution in [0.1, 0.15) is 21.5 Å². The largest absolute Gasteiger partial charge is 0.508 e. The second-order valence-electron chi connectivity index (χ2n) is 6.29. The van der Waals surface area contributed by atoms with Gasteiger partial charge in [-0.2, -0.15) is 5.10 Å². The van der Waals surface area contributed by atoms with Crippen LogP contribution in [-0.4, -0.2) is 25.6 Å². The fourth-order valence-corrected chi connectivity index (χ4v) is 3.51. The number of nitrogens with zero attached hydrogens (tertiary/aromatic N) is 1. The maximum absolute atomic E-state index is 12.4. The predicted molar refractivity (Wildman–Crippen MR) is 112 cm³/mol. The van der Waals surface area contributed by atoms with E-state index in [1.165, 1.54) is 54.7 Å². The van der Waals surface area contributed by atoms with Crippen LogP contribution < -0.4 is 10.1 Å². The summed E-state index contributed by atoms with van der Waals surface area (Å²) in [5.41, 5.74) is 4.62. The van der Waals surface area contributed by atoms with Crippen molar-refractivity contribution in [3.05, 3.63) is 89.5 Å². The Morgan fingerprint density at radius 1 is 1.00 bits per heavy atom. The Balaban J connectivity index is 1.63. The van der Waals surface area contributed by atoms with Crippen molar-refractivity contribution in [2.45, 2.75) is 11.8 Å². The van der Waals surface area contributed by atoms with Gasteiger partial charge < -0.3 is 5.11 Å². The average Bonchev–Trinajstić information content (AvgIpc) is 2.68. The summed E-state index contributed by atoms with van der Waals surface area (Å²) in [5.74, 6) is -0.349. The van der Waals surface area contributed by atoms with Crippen LogP contribution in [0.15, 0.2) is 82.8 Å². The number of hydrogen-bond donors (Lipinski definition) is 3. The van der Waals surface area contributed by atoms with Gasteiger partial charge >= 0.3 is 0 Å². The molecule has 0 atom stereocenters. The third-order valence-corrected chi connectivity index (χ3v) is 5.38. The number of carbonyl (C=O) groups is 1. The van der Waals surface area contributed by atoms with Crippen molar-refractivity contribution in [3.8, 4) is 5.75 Å². The lowest BCUT2D eigenvalue weighted by molar-refractivity contribution is 0.0955. The lowest BCUT2D eigenvalue weighted by Crippen LogP contribution is -2.18. The van der Waals surface area contributed by atoms with E-state index in [0.717, 1.165) is 5.56 Å². The lowest BCUT2D eigenvalue weighted by atomic mass is 10.2. The summed E-state index contributed by atoms with van der Waals surface area (Å²) in [7, 11) is -3.71. The van der Waals surface area contributed by atoms with E-state index in [4.69, 9.17) is 0 Å². The summed E-state index contributed by atoms with van der Waals surface area (Å²) in [6, 6.07) is 18.9. The Morgan fingerprint density at radius 2 is 1.69 bits per heavy atom. The second kappa shape index (κ2) is 8.57. The zero-order valence-electron chi connectivity index (χ0n) is 15.5. The number of rotatable bonds is 6. The maximum Gasteiger partial charge on any atom is 0.271 e. The number of phenolic OH excluding ortho intramolecular Hbond substituents is 1. The average molecular weight is 409 g/mol. The molecule has 3 rings (SSSR count). The highest BCUT2D eigenvalue weighted by Crippen LogP contribution is 2.17. The first-order chi connectivity index (χ1) is 13.8. The Bertz CT molecular complexity index is 1140. The number of aryl methyl sites for hydroxylation is 1. The number of nitrogens with one attached hydrogen (secondary N) is 2. The molecule has 7 nitrogen and oxygen atoms in total.